The molecule has 3 aromatic carbocycles. The molecule has 1 atom stereocenters. The van der Waals surface area contributed by atoms with Gasteiger partial charge in [-0.1, -0.05) is 48.5 Å². The number of carbonyl (C=O) groups is 3. The van der Waals surface area contributed by atoms with E-state index < -0.39 is 30.4 Å². The van der Waals surface area contributed by atoms with Crippen molar-refractivity contribution < 1.29 is 38.8 Å². The first-order valence-corrected chi connectivity index (χ1v) is 11.7. The molecule has 39 heavy (non-hydrogen) atoms. The van der Waals surface area contributed by atoms with Gasteiger partial charge < -0.3 is 24.4 Å². The number of hydrogen-bond donors (Lipinski definition) is 2. The van der Waals surface area contributed by atoms with Crippen molar-refractivity contribution in [3.8, 4) is 34.0 Å². The molecule has 2 N–H and O–H groups in total. The molecule has 0 aliphatic carbocycles. The van der Waals surface area contributed by atoms with Crippen molar-refractivity contribution in [3.05, 3.63) is 95.8 Å². The predicted molar refractivity (Wildman–Crippen MR) is 140 cm³/mol. The van der Waals surface area contributed by atoms with E-state index >= 15 is 0 Å². The quantitative estimate of drug-likeness (QED) is 0.283. The Balaban J connectivity index is 2.01. The van der Waals surface area contributed by atoms with Gasteiger partial charge in [-0.2, -0.15) is 0 Å². The van der Waals surface area contributed by atoms with E-state index in [-0.39, 0.29) is 28.3 Å². The molecule has 0 amide bonds. The third kappa shape index (κ3) is 6.19. The molecule has 1 heterocycles. The maximum atomic E-state index is 12.9. The second-order valence-electron chi connectivity index (χ2n) is 8.28. The van der Waals surface area contributed by atoms with Gasteiger partial charge >= 0.3 is 17.9 Å². The van der Waals surface area contributed by atoms with Crippen molar-refractivity contribution in [1.29, 1.82) is 0 Å². The number of carbonyl (C=O) groups excluding carboxylic acids is 1. The molecule has 198 valence electrons. The zero-order valence-corrected chi connectivity index (χ0v) is 21.0. The number of methoxy groups -OCH3 is 2. The Bertz CT molecular complexity index is 1480. The van der Waals surface area contributed by atoms with Crippen molar-refractivity contribution in [2.45, 2.75) is 12.5 Å². The molecule has 0 aliphatic rings. The van der Waals surface area contributed by atoms with Crippen LogP contribution in [-0.4, -0.2) is 52.3 Å². The van der Waals surface area contributed by atoms with Crippen LogP contribution in [0.2, 0.25) is 0 Å². The molecule has 0 fully saturated rings. The van der Waals surface area contributed by atoms with Gasteiger partial charge in [0, 0.05) is 17.2 Å². The third-order valence-corrected chi connectivity index (χ3v) is 5.71. The topological polar surface area (TPSA) is 145 Å². The van der Waals surface area contributed by atoms with Gasteiger partial charge in [0.25, 0.3) is 0 Å². The fourth-order valence-electron chi connectivity index (χ4n) is 3.94. The average molecular weight is 529 g/mol. The minimum Gasteiger partial charge on any atom is -0.497 e. The molecule has 0 spiro atoms. The lowest BCUT2D eigenvalue weighted by molar-refractivity contribution is -0.147. The molecule has 0 saturated carbocycles. The molecule has 10 heteroatoms. The Morgan fingerprint density at radius 2 is 1.38 bits per heavy atom. The van der Waals surface area contributed by atoms with Crippen molar-refractivity contribution >= 4 is 17.9 Å². The fraction of sp³-hybridized carbons (Fsp3) is 0.138. The standard InChI is InChI=1S/C29H24N2O8/c1-37-20-13-19(14-21(15-20)38-2)24-22(16-23(32)33)30-27(17-9-5-3-6-10-17)31-25(24)26(28(34)35)39-29(36)18-11-7-4-8-12-18/h3-15,26H,16H2,1-2H3,(H,32,33)(H,34,35). The van der Waals surface area contributed by atoms with Crippen LogP contribution in [0.1, 0.15) is 27.8 Å². The molecular formula is C29H24N2O8. The molecule has 0 bridgehead atoms. The Labute approximate surface area is 223 Å². The minimum absolute atomic E-state index is 0.0173. The summed E-state index contributed by atoms with van der Waals surface area (Å²) in [6.45, 7) is 0. The summed E-state index contributed by atoms with van der Waals surface area (Å²) < 4.78 is 16.2. The van der Waals surface area contributed by atoms with Crippen LogP contribution in [-0.2, 0) is 20.7 Å². The molecule has 0 radical (unpaired) electrons. The lowest BCUT2D eigenvalue weighted by atomic mass is 9.96. The number of nitrogens with zero attached hydrogens (tertiary/aromatic N) is 2. The number of benzene rings is 3. The van der Waals surface area contributed by atoms with Crippen LogP contribution in [0.25, 0.3) is 22.5 Å². The monoisotopic (exact) mass is 528 g/mol. The van der Waals surface area contributed by atoms with Crippen LogP contribution in [0, 0.1) is 0 Å². The van der Waals surface area contributed by atoms with E-state index in [2.05, 4.69) is 9.97 Å². The molecule has 1 aromatic heterocycles. The largest absolute Gasteiger partial charge is 0.497 e. The van der Waals surface area contributed by atoms with E-state index in [9.17, 15) is 24.6 Å². The number of hydrogen-bond acceptors (Lipinski definition) is 8. The smallest absolute Gasteiger partial charge is 0.351 e. The van der Waals surface area contributed by atoms with Crippen LogP contribution in [0.15, 0.2) is 78.9 Å². The number of ether oxygens (including phenoxy) is 3. The van der Waals surface area contributed by atoms with Gasteiger partial charge in [0.2, 0.25) is 6.10 Å². The van der Waals surface area contributed by atoms with E-state index in [1.54, 1.807) is 66.7 Å². The summed E-state index contributed by atoms with van der Waals surface area (Å²) in [6, 6.07) is 21.3. The highest BCUT2D eigenvalue weighted by molar-refractivity contribution is 5.92. The van der Waals surface area contributed by atoms with Crippen molar-refractivity contribution in [2.24, 2.45) is 0 Å². The van der Waals surface area contributed by atoms with Crippen LogP contribution in [0.4, 0.5) is 0 Å². The number of carboxylic acids is 2. The van der Waals surface area contributed by atoms with E-state index in [1.165, 1.54) is 26.4 Å². The number of aromatic nitrogens is 2. The van der Waals surface area contributed by atoms with Gasteiger partial charge in [0.15, 0.2) is 5.82 Å². The van der Waals surface area contributed by atoms with E-state index in [0.717, 1.165) is 0 Å². The summed E-state index contributed by atoms with van der Waals surface area (Å²) in [6.07, 6.45) is -2.47. The zero-order valence-electron chi connectivity index (χ0n) is 21.0. The van der Waals surface area contributed by atoms with Crippen LogP contribution < -0.4 is 9.47 Å². The first kappa shape index (κ1) is 26.8. The Morgan fingerprint density at radius 1 is 0.795 bits per heavy atom. The van der Waals surface area contributed by atoms with Crippen molar-refractivity contribution in [2.75, 3.05) is 14.2 Å². The van der Waals surface area contributed by atoms with Crippen molar-refractivity contribution in [1.82, 2.24) is 9.97 Å². The van der Waals surface area contributed by atoms with Gasteiger partial charge in [-0.15, -0.1) is 0 Å². The molecular weight excluding hydrogens is 504 g/mol. The van der Waals surface area contributed by atoms with Crippen molar-refractivity contribution in [3.63, 3.8) is 0 Å². The predicted octanol–water partition coefficient (Wildman–Crippen LogP) is 4.44. The minimum atomic E-state index is -1.90. The van der Waals surface area contributed by atoms with E-state index in [4.69, 9.17) is 14.2 Å². The lowest BCUT2D eigenvalue weighted by Crippen LogP contribution is -2.23. The molecule has 0 aliphatic heterocycles. The summed E-state index contributed by atoms with van der Waals surface area (Å²) >= 11 is 0. The summed E-state index contributed by atoms with van der Waals surface area (Å²) in [5.41, 5.74) is 0.854. The highest BCUT2D eigenvalue weighted by Crippen LogP contribution is 2.38. The van der Waals surface area contributed by atoms with Gasteiger partial charge in [0.1, 0.15) is 17.2 Å². The lowest BCUT2D eigenvalue weighted by Gasteiger charge is -2.21. The molecule has 10 nitrogen and oxygen atoms in total. The first-order valence-electron chi connectivity index (χ1n) is 11.7. The molecule has 1 unspecified atom stereocenters. The summed E-state index contributed by atoms with van der Waals surface area (Å²) in [7, 11) is 2.88. The summed E-state index contributed by atoms with van der Waals surface area (Å²) in [5.74, 6) is -2.81. The number of carboxylic acid groups (broad SMARTS) is 2. The van der Waals surface area contributed by atoms with Gasteiger partial charge in [0.05, 0.1) is 31.9 Å². The summed E-state index contributed by atoms with van der Waals surface area (Å²) in [4.78, 5) is 46.4. The normalized spacial score (nSPS) is 11.3. The SMILES string of the molecule is COc1cc(OC)cc(-c2c(CC(=O)O)nc(-c3ccccc3)nc2C(OC(=O)c2ccccc2)C(=O)O)c1. The number of esters is 1. The number of aliphatic carboxylic acids is 2. The Morgan fingerprint density at radius 3 is 1.92 bits per heavy atom. The molecule has 0 saturated heterocycles. The zero-order chi connectivity index (χ0) is 27.9. The molecule has 4 rings (SSSR count). The highest BCUT2D eigenvalue weighted by atomic mass is 16.6. The molecule has 4 aromatic rings. The summed E-state index contributed by atoms with van der Waals surface area (Å²) in [5, 5.41) is 19.9. The Hall–Kier alpha value is -5.25. The van der Waals surface area contributed by atoms with E-state index in [0.29, 0.717) is 22.6 Å². The second kappa shape index (κ2) is 11.9. The average Bonchev–Trinajstić information content (AvgIpc) is 2.95. The highest BCUT2D eigenvalue weighted by Gasteiger charge is 2.33. The fourth-order valence-corrected chi connectivity index (χ4v) is 3.94. The van der Waals surface area contributed by atoms with E-state index in [1.807, 2.05) is 0 Å². The van der Waals surface area contributed by atoms with Crippen LogP contribution in [0.5, 0.6) is 11.5 Å². The Kier molecular flexibility index (Phi) is 8.15. The van der Waals surface area contributed by atoms with Crippen LogP contribution >= 0.6 is 0 Å². The third-order valence-electron chi connectivity index (χ3n) is 5.71. The van der Waals surface area contributed by atoms with Gasteiger partial charge in [-0.25, -0.2) is 19.6 Å². The van der Waals surface area contributed by atoms with Gasteiger partial charge in [-0.05, 0) is 29.8 Å². The maximum absolute atomic E-state index is 12.9. The maximum Gasteiger partial charge on any atom is 0.351 e. The number of rotatable bonds is 10. The first-order chi connectivity index (χ1) is 18.8. The second-order valence-corrected chi connectivity index (χ2v) is 8.28. The van der Waals surface area contributed by atoms with Gasteiger partial charge in [-0.3, -0.25) is 4.79 Å². The van der Waals surface area contributed by atoms with Crippen LogP contribution in [0.3, 0.4) is 0 Å².